The first kappa shape index (κ1) is 16.8. The van der Waals surface area contributed by atoms with E-state index in [1.54, 1.807) is 0 Å². The van der Waals surface area contributed by atoms with Crippen molar-refractivity contribution in [1.82, 2.24) is 10.3 Å². The first-order valence-corrected chi connectivity index (χ1v) is 9.54. The fourth-order valence-electron chi connectivity index (χ4n) is 3.06. The molecule has 1 aromatic rings. The minimum atomic E-state index is 0.922. The van der Waals surface area contributed by atoms with E-state index in [1.165, 1.54) is 60.9 Å². The molecule has 21 heavy (non-hydrogen) atoms. The molecule has 0 radical (unpaired) electrons. The molecule has 1 unspecified atom stereocenters. The normalized spacial score (nSPS) is 19.8. The van der Waals surface area contributed by atoms with Gasteiger partial charge in [-0.3, -0.25) is 0 Å². The van der Waals surface area contributed by atoms with Gasteiger partial charge in [0.15, 0.2) is 5.13 Å². The number of nitrogens with zero attached hydrogens (tertiary/aromatic N) is 2. The molecule has 1 saturated heterocycles. The molecule has 3 nitrogen and oxygen atoms in total. The number of hydrogen-bond donors (Lipinski definition) is 1. The van der Waals surface area contributed by atoms with Crippen LogP contribution in [0, 0.1) is 5.92 Å². The zero-order chi connectivity index (χ0) is 15.1. The van der Waals surface area contributed by atoms with E-state index in [0.29, 0.717) is 0 Å². The number of aromatic nitrogens is 1. The van der Waals surface area contributed by atoms with E-state index < -0.39 is 0 Å². The average molecular weight is 310 g/mol. The highest BCUT2D eigenvalue weighted by Gasteiger charge is 2.19. The lowest BCUT2D eigenvalue weighted by Gasteiger charge is -2.19. The second-order valence-electron chi connectivity index (χ2n) is 6.09. The van der Waals surface area contributed by atoms with E-state index in [0.717, 1.165) is 25.4 Å². The Kier molecular flexibility index (Phi) is 6.97. The van der Waals surface area contributed by atoms with Crippen LogP contribution in [-0.2, 0) is 13.0 Å². The predicted octanol–water partition coefficient (Wildman–Crippen LogP) is 4.22. The summed E-state index contributed by atoms with van der Waals surface area (Å²) in [6.07, 6.45) is 7.62. The number of nitrogens with one attached hydrogen (secondary N) is 1. The Balaban J connectivity index is 2.01. The van der Waals surface area contributed by atoms with Crippen molar-refractivity contribution in [2.24, 2.45) is 5.92 Å². The number of anilines is 1. The average Bonchev–Trinajstić information content (AvgIpc) is 2.76. The molecule has 1 aromatic heterocycles. The monoisotopic (exact) mass is 309 g/mol. The Morgan fingerprint density at radius 1 is 1.24 bits per heavy atom. The van der Waals surface area contributed by atoms with E-state index in [9.17, 15) is 0 Å². The van der Waals surface area contributed by atoms with E-state index in [-0.39, 0.29) is 0 Å². The smallest absolute Gasteiger partial charge is 0.185 e. The van der Waals surface area contributed by atoms with Gasteiger partial charge in [0.25, 0.3) is 0 Å². The summed E-state index contributed by atoms with van der Waals surface area (Å²) in [7, 11) is 0. The van der Waals surface area contributed by atoms with Crippen LogP contribution < -0.4 is 10.2 Å². The van der Waals surface area contributed by atoms with Crippen LogP contribution in [0.3, 0.4) is 0 Å². The molecular weight excluding hydrogens is 278 g/mol. The van der Waals surface area contributed by atoms with E-state index >= 15 is 0 Å². The van der Waals surface area contributed by atoms with Crippen LogP contribution in [0.25, 0.3) is 0 Å². The summed E-state index contributed by atoms with van der Waals surface area (Å²) in [4.78, 5) is 8.90. The molecule has 0 aromatic carbocycles. The Hall–Kier alpha value is -0.610. The summed E-state index contributed by atoms with van der Waals surface area (Å²) in [6.45, 7) is 11.2. The zero-order valence-corrected chi connectivity index (χ0v) is 14.8. The summed E-state index contributed by atoms with van der Waals surface area (Å²) in [5.41, 5.74) is 1.30. The van der Waals surface area contributed by atoms with Gasteiger partial charge < -0.3 is 10.2 Å². The highest BCUT2D eigenvalue weighted by molar-refractivity contribution is 7.15. The van der Waals surface area contributed by atoms with Crippen molar-refractivity contribution in [1.29, 1.82) is 0 Å². The lowest BCUT2D eigenvalue weighted by Crippen LogP contribution is -2.24. The quantitative estimate of drug-likeness (QED) is 0.764. The molecule has 120 valence electrons. The molecule has 1 atom stereocenters. The molecule has 2 rings (SSSR count). The van der Waals surface area contributed by atoms with Crippen molar-refractivity contribution < 1.29 is 0 Å². The van der Waals surface area contributed by atoms with Gasteiger partial charge in [-0.25, -0.2) is 4.98 Å². The SMILES string of the molecule is CCCNCc1sc(N2CCCC(CC)CC2)nc1CC. The second-order valence-corrected chi connectivity index (χ2v) is 7.15. The summed E-state index contributed by atoms with van der Waals surface area (Å²) in [5.74, 6) is 0.922. The third-order valence-corrected chi connectivity index (χ3v) is 5.67. The Morgan fingerprint density at radius 2 is 2.10 bits per heavy atom. The molecule has 0 aliphatic carbocycles. The minimum absolute atomic E-state index is 0.922. The van der Waals surface area contributed by atoms with Crippen LogP contribution in [0.5, 0.6) is 0 Å². The standard InChI is InChI=1S/C17H31N3S/c1-4-10-18-13-16-15(6-3)19-17(21-16)20-11-7-8-14(5-2)9-12-20/h14,18H,4-13H2,1-3H3. The molecule has 1 aliphatic heterocycles. The number of hydrogen-bond acceptors (Lipinski definition) is 4. The fraction of sp³-hybridized carbons (Fsp3) is 0.824. The molecule has 0 amide bonds. The summed E-state index contributed by atoms with van der Waals surface area (Å²) < 4.78 is 0. The van der Waals surface area contributed by atoms with Gasteiger partial charge in [-0.15, -0.1) is 11.3 Å². The maximum atomic E-state index is 4.93. The van der Waals surface area contributed by atoms with Gasteiger partial charge in [-0.2, -0.15) is 0 Å². The maximum Gasteiger partial charge on any atom is 0.185 e. The number of rotatable bonds is 7. The molecule has 1 fully saturated rings. The lowest BCUT2D eigenvalue weighted by atomic mass is 9.98. The zero-order valence-electron chi connectivity index (χ0n) is 14.0. The van der Waals surface area contributed by atoms with E-state index in [1.807, 2.05) is 11.3 Å². The first-order valence-electron chi connectivity index (χ1n) is 8.72. The van der Waals surface area contributed by atoms with Crippen molar-refractivity contribution in [2.45, 2.75) is 65.8 Å². The van der Waals surface area contributed by atoms with Crippen LogP contribution in [0.15, 0.2) is 0 Å². The molecule has 2 heterocycles. The molecule has 1 aliphatic rings. The molecule has 0 spiro atoms. The van der Waals surface area contributed by atoms with Crippen molar-refractivity contribution in [2.75, 3.05) is 24.5 Å². The molecule has 1 N–H and O–H groups in total. The van der Waals surface area contributed by atoms with E-state index in [2.05, 4.69) is 31.0 Å². The third kappa shape index (κ3) is 4.68. The van der Waals surface area contributed by atoms with Crippen LogP contribution in [0.4, 0.5) is 5.13 Å². The number of thiazole rings is 1. The van der Waals surface area contributed by atoms with Gasteiger partial charge in [0, 0.05) is 24.5 Å². The highest BCUT2D eigenvalue weighted by atomic mass is 32.1. The molecular formula is C17H31N3S. The van der Waals surface area contributed by atoms with Crippen LogP contribution >= 0.6 is 11.3 Å². The van der Waals surface area contributed by atoms with Crippen molar-refractivity contribution in [3.8, 4) is 0 Å². The Bertz CT molecular complexity index is 416. The van der Waals surface area contributed by atoms with Crippen LogP contribution in [0.2, 0.25) is 0 Å². The van der Waals surface area contributed by atoms with Gasteiger partial charge >= 0.3 is 0 Å². The number of aryl methyl sites for hydroxylation is 1. The molecule has 4 heteroatoms. The summed E-state index contributed by atoms with van der Waals surface area (Å²) >= 11 is 1.91. The second kappa shape index (κ2) is 8.74. The third-order valence-electron chi connectivity index (χ3n) is 4.51. The van der Waals surface area contributed by atoms with Gasteiger partial charge in [0.1, 0.15) is 0 Å². The van der Waals surface area contributed by atoms with Crippen molar-refractivity contribution in [3.63, 3.8) is 0 Å². The topological polar surface area (TPSA) is 28.2 Å². The Labute approximate surface area is 134 Å². The summed E-state index contributed by atoms with van der Waals surface area (Å²) in [6, 6.07) is 0. The maximum absolute atomic E-state index is 4.93. The van der Waals surface area contributed by atoms with E-state index in [4.69, 9.17) is 4.98 Å². The highest BCUT2D eigenvalue weighted by Crippen LogP contribution is 2.30. The molecule has 0 saturated carbocycles. The van der Waals surface area contributed by atoms with Gasteiger partial charge in [-0.1, -0.05) is 27.2 Å². The lowest BCUT2D eigenvalue weighted by molar-refractivity contribution is 0.459. The van der Waals surface area contributed by atoms with Crippen LogP contribution in [0.1, 0.15) is 63.4 Å². The van der Waals surface area contributed by atoms with Crippen LogP contribution in [-0.4, -0.2) is 24.6 Å². The first-order chi connectivity index (χ1) is 10.3. The van der Waals surface area contributed by atoms with Gasteiger partial charge in [0.2, 0.25) is 0 Å². The van der Waals surface area contributed by atoms with Gasteiger partial charge in [-0.05, 0) is 44.6 Å². The van der Waals surface area contributed by atoms with Gasteiger partial charge in [0.05, 0.1) is 5.69 Å². The Morgan fingerprint density at radius 3 is 2.81 bits per heavy atom. The molecule has 0 bridgehead atoms. The largest absolute Gasteiger partial charge is 0.348 e. The minimum Gasteiger partial charge on any atom is -0.348 e. The predicted molar refractivity (Wildman–Crippen MR) is 93.3 cm³/mol. The summed E-state index contributed by atoms with van der Waals surface area (Å²) in [5, 5.41) is 4.78. The fourth-order valence-corrected chi connectivity index (χ4v) is 4.23. The van der Waals surface area contributed by atoms with Crippen molar-refractivity contribution in [3.05, 3.63) is 10.6 Å². The van der Waals surface area contributed by atoms with Crippen molar-refractivity contribution >= 4 is 16.5 Å².